The van der Waals surface area contributed by atoms with E-state index in [-0.39, 0.29) is 18.2 Å². The van der Waals surface area contributed by atoms with E-state index in [9.17, 15) is 15.0 Å². The quantitative estimate of drug-likeness (QED) is 0.424. The number of fused-ring (bicyclic) bond motifs is 2. The average Bonchev–Trinajstić information content (AvgIpc) is 3.17. The molecule has 2 aliphatic heterocycles. The Kier molecular flexibility index (Phi) is 8.18. The van der Waals surface area contributed by atoms with Gasteiger partial charge in [-0.3, -0.25) is 4.90 Å². The molecule has 2 aromatic rings. The maximum Gasteiger partial charge on any atom is 0.315 e. The number of rotatable bonds is 8. The molecule has 2 saturated heterocycles. The molecule has 200 valence electrons. The summed E-state index contributed by atoms with van der Waals surface area (Å²) in [6, 6.07) is 19.7. The Morgan fingerprint density at radius 1 is 0.919 bits per heavy atom. The Hall–Kier alpha value is -2.41. The fraction of sp³-hybridized carbons (Fsp3) is 0.581. The summed E-state index contributed by atoms with van der Waals surface area (Å²) in [4.78, 5) is 15.7. The summed E-state index contributed by atoms with van der Waals surface area (Å²) in [5, 5.41) is 28.2. The highest BCUT2D eigenvalue weighted by molar-refractivity contribution is 5.75. The number of amides is 2. The highest BCUT2D eigenvalue weighted by atomic mass is 16.3. The lowest BCUT2D eigenvalue weighted by Gasteiger charge is -2.38. The van der Waals surface area contributed by atoms with Gasteiger partial charge in [-0.2, -0.15) is 0 Å². The summed E-state index contributed by atoms with van der Waals surface area (Å²) in [7, 11) is 0. The second-order valence-electron chi connectivity index (χ2n) is 11.6. The molecular formula is C31H43N3O3. The smallest absolute Gasteiger partial charge is 0.315 e. The van der Waals surface area contributed by atoms with Crippen molar-refractivity contribution in [2.45, 2.75) is 101 Å². The van der Waals surface area contributed by atoms with Gasteiger partial charge in [0.15, 0.2) is 0 Å². The topological polar surface area (TPSA) is 84.8 Å². The Labute approximate surface area is 221 Å². The van der Waals surface area contributed by atoms with Crippen LogP contribution in [0, 0.1) is 5.92 Å². The van der Waals surface area contributed by atoms with E-state index in [1.165, 1.54) is 19.3 Å². The zero-order valence-electron chi connectivity index (χ0n) is 22.1. The summed E-state index contributed by atoms with van der Waals surface area (Å²) in [6.45, 7) is 3.02. The van der Waals surface area contributed by atoms with Crippen LogP contribution >= 0.6 is 0 Å². The lowest BCUT2D eigenvalue weighted by atomic mass is 9.81. The van der Waals surface area contributed by atoms with E-state index in [4.69, 9.17) is 0 Å². The first kappa shape index (κ1) is 26.2. The van der Waals surface area contributed by atoms with Gasteiger partial charge >= 0.3 is 6.03 Å². The molecular weight excluding hydrogens is 462 g/mol. The molecule has 6 nitrogen and oxygen atoms in total. The molecule has 2 amide bonds. The van der Waals surface area contributed by atoms with Crippen LogP contribution in [0.1, 0.15) is 75.8 Å². The number of benzene rings is 2. The molecule has 4 atom stereocenters. The number of aliphatic hydroxyl groups is 2. The first-order chi connectivity index (χ1) is 17.9. The number of nitrogens with zero attached hydrogens (tertiary/aromatic N) is 1. The average molecular weight is 506 g/mol. The molecule has 2 aromatic carbocycles. The number of aliphatic hydroxyl groups excluding tert-OH is 1. The van der Waals surface area contributed by atoms with Crippen molar-refractivity contribution < 1.29 is 15.0 Å². The van der Waals surface area contributed by atoms with Crippen LogP contribution in [0.15, 0.2) is 60.7 Å². The van der Waals surface area contributed by atoms with Crippen molar-refractivity contribution in [3.8, 4) is 0 Å². The Morgan fingerprint density at radius 2 is 1.46 bits per heavy atom. The van der Waals surface area contributed by atoms with Gasteiger partial charge in [-0.15, -0.1) is 0 Å². The van der Waals surface area contributed by atoms with Crippen LogP contribution in [0.3, 0.4) is 0 Å². The van der Waals surface area contributed by atoms with Crippen LogP contribution in [0.5, 0.6) is 0 Å². The molecule has 5 rings (SSSR count). The van der Waals surface area contributed by atoms with E-state index in [0.717, 1.165) is 56.2 Å². The van der Waals surface area contributed by atoms with Crippen molar-refractivity contribution in [2.24, 2.45) is 5.92 Å². The molecule has 1 saturated carbocycles. The van der Waals surface area contributed by atoms with E-state index in [1.807, 2.05) is 67.6 Å². The third-order valence-corrected chi connectivity index (χ3v) is 9.24. The van der Waals surface area contributed by atoms with E-state index < -0.39 is 11.6 Å². The van der Waals surface area contributed by atoms with Crippen LogP contribution < -0.4 is 10.6 Å². The minimum Gasteiger partial charge on any atom is -0.393 e. The second kappa shape index (κ2) is 11.5. The van der Waals surface area contributed by atoms with Gasteiger partial charge in [0.05, 0.1) is 12.1 Å². The first-order valence-electron chi connectivity index (χ1n) is 14.3. The molecule has 1 aliphatic carbocycles. The summed E-state index contributed by atoms with van der Waals surface area (Å²) >= 11 is 0. The van der Waals surface area contributed by atoms with Gasteiger partial charge in [-0.05, 0) is 88.3 Å². The van der Waals surface area contributed by atoms with Gasteiger partial charge in [0.1, 0.15) is 5.60 Å². The third kappa shape index (κ3) is 5.87. The summed E-state index contributed by atoms with van der Waals surface area (Å²) < 4.78 is 0. The SMILES string of the molecule is C[C@H](NC(=O)N[C@H]1CC[C@H](CCN2[C@@H]3CC[C@H]2CC(O)C3)CC1)C(O)(c1ccccc1)c1ccccc1. The maximum absolute atomic E-state index is 13.0. The predicted octanol–water partition coefficient (Wildman–Crippen LogP) is 4.55. The van der Waals surface area contributed by atoms with Crippen molar-refractivity contribution in [3.63, 3.8) is 0 Å². The van der Waals surface area contributed by atoms with E-state index >= 15 is 0 Å². The fourth-order valence-corrected chi connectivity index (χ4v) is 7.12. The monoisotopic (exact) mass is 505 g/mol. The van der Waals surface area contributed by atoms with Crippen molar-refractivity contribution in [2.75, 3.05) is 6.54 Å². The molecule has 6 heteroatoms. The lowest BCUT2D eigenvalue weighted by Crippen LogP contribution is -2.54. The lowest BCUT2D eigenvalue weighted by molar-refractivity contribution is 0.0314. The number of piperidine rings is 1. The summed E-state index contributed by atoms with van der Waals surface area (Å²) in [5.74, 6) is 0.715. The normalized spacial score (nSPS) is 29.0. The summed E-state index contributed by atoms with van der Waals surface area (Å²) in [6.07, 6.45) is 9.80. The number of urea groups is 1. The second-order valence-corrected chi connectivity index (χ2v) is 11.6. The van der Waals surface area contributed by atoms with Gasteiger partial charge < -0.3 is 20.8 Å². The maximum atomic E-state index is 13.0. The van der Waals surface area contributed by atoms with Gasteiger partial charge in [-0.25, -0.2) is 4.79 Å². The van der Waals surface area contributed by atoms with E-state index in [1.54, 1.807) is 0 Å². The van der Waals surface area contributed by atoms with Crippen LogP contribution in [-0.4, -0.2) is 58.0 Å². The summed E-state index contributed by atoms with van der Waals surface area (Å²) in [5.41, 5.74) is 0.179. The standard InChI is InChI=1S/C31H43N3O3/c1-22(31(37,24-8-4-2-5-9-24)25-10-6-3-7-11-25)32-30(36)33-26-14-12-23(13-15-26)18-19-34-27-16-17-28(34)21-29(35)20-27/h2-11,22-23,26-29,35,37H,12-21H2,1H3,(H2,32,33,36)/t22-,23-,26-,27-,28+,29?/m0/s1. The van der Waals surface area contributed by atoms with Crippen molar-refractivity contribution in [1.82, 2.24) is 15.5 Å². The minimum absolute atomic E-state index is 0.0968. The molecule has 37 heavy (non-hydrogen) atoms. The first-order valence-corrected chi connectivity index (χ1v) is 14.3. The van der Waals surface area contributed by atoms with E-state index in [2.05, 4.69) is 15.5 Å². The number of hydrogen-bond acceptors (Lipinski definition) is 4. The molecule has 2 heterocycles. The molecule has 2 bridgehead atoms. The molecule has 3 fully saturated rings. The molecule has 4 N–H and O–H groups in total. The van der Waals surface area contributed by atoms with Gasteiger partial charge in [0.2, 0.25) is 0 Å². The number of nitrogens with one attached hydrogen (secondary N) is 2. The minimum atomic E-state index is -1.33. The molecule has 0 spiro atoms. The molecule has 1 unspecified atom stereocenters. The molecule has 3 aliphatic rings. The predicted molar refractivity (Wildman–Crippen MR) is 146 cm³/mol. The molecule has 0 aromatic heterocycles. The van der Waals surface area contributed by atoms with Crippen LogP contribution in [0.2, 0.25) is 0 Å². The highest BCUT2D eigenvalue weighted by Gasteiger charge is 2.41. The molecule has 0 radical (unpaired) electrons. The zero-order valence-corrected chi connectivity index (χ0v) is 22.1. The number of carbonyl (C=O) groups is 1. The van der Waals surface area contributed by atoms with Crippen LogP contribution in [0.4, 0.5) is 4.79 Å². The fourth-order valence-electron chi connectivity index (χ4n) is 7.12. The Balaban J connectivity index is 1.11. The van der Waals surface area contributed by atoms with Gasteiger partial charge in [-0.1, -0.05) is 60.7 Å². The van der Waals surface area contributed by atoms with E-state index in [0.29, 0.717) is 18.0 Å². The van der Waals surface area contributed by atoms with Gasteiger partial charge in [0, 0.05) is 18.1 Å². The number of hydrogen-bond donors (Lipinski definition) is 4. The Bertz CT molecular complexity index is 955. The number of carbonyl (C=O) groups excluding carboxylic acids is 1. The Morgan fingerprint density at radius 3 is 2.00 bits per heavy atom. The third-order valence-electron chi connectivity index (χ3n) is 9.24. The largest absolute Gasteiger partial charge is 0.393 e. The van der Waals surface area contributed by atoms with Crippen molar-refractivity contribution in [3.05, 3.63) is 71.8 Å². The zero-order chi connectivity index (χ0) is 25.8. The van der Waals surface area contributed by atoms with Crippen molar-refractivity contribution in [1.29, 1.82) is 0 Å². The van der Waals surface area contributed by atoms with Crippen molar-refractivity contribution >= 4 is 6.03 Å². The highest BCUT2D eigenvalue weighted by Crippen LogP contribution is 2.37. The van der Waals surface area contributed by atoms with Gasteiger partial charge in [0.25, 0.3) is 0 Å². The van der Waals surface area contributed by atoms with Crippen LogP contribution in [0.25, 0.3) is 0 Å². The van der Waals surface area contributed by atoms with Crippen LogP contribution in [-0.2, 0) is 5.60 Å².